The van der Waals surface area contributed by atoms with Crippen LogP contribution in [0, 0.1) is 12.8 Å². The normalized spacial score (nSPS) is 13.0. The lowest BCUT2D eigenvalue weighted by molar-refractivity contribution is -0.142. The van der Waals surface area contributed by atoms with Gasteiger partial charge in [0.05, 0.1) is 6.61 Å². The van der Waals surface area contributed by atoms with Crippen molar-refractivity contribution in [2.75, 3.05) is 18.5 Å². The Morgan fingerprint density at radius 1 is 1.03 bits per heavy atom. The van der Waals surface area contributed by atoms with E-state index in [0.29, 0.717) is 5.69 Å². The molecule has 0 radical (unpaired) electrons. The number of nitrogens with one attached hydrogen (secondary N) is 2. The molecule has 2 rings (SSSR count). The predicted molar refractivity (Wildman–Crippen MR) is 137 cm³/mol. The summed E-state index contributed by atoms with van der Waals surface area (Å²) < 4.78 is 5.32. The second-order valence-corrected chi connectivity index (χ2v) is 9.89. The van der Waals surface area contributed by atoms with Gasteiger partial charge in [0.15, 0.2) is 0 Å². The van der Waals surface area contributed by atoms with Gasteiger partial charge in [-0.25, -0.2) is 4.79 Å². The maximum absolute atomic E-state index is 13.8. The van der Waals surface area contributed by atoms with Gasteiger partial charge >= 0.3 is 6.09 Å². The minimum Gasteiger partial charge on any atom is -0.508 e. The van der Waals surface area contributed by atoms with Crippen LogP contribution in [0.15, 0.2) is 48.5 Å². The highest BCUT2D eigenvalue weighted by molar-refractivity contribution is 5.99. The van der Waals surface area contributed by atoms with Crippen molar-refractivity contribution in [1.29, 1.82) is 0 Å². The number of benzene rings is 2. The first-order valence-corrected chi connectivity index (χ1v) is 11.9. The van der Waals surface area contributed by atoms with E-state index in [1.54, 1.807) is 65.0 Å². The Hall–Kier alpha value is -3.59. The quantitative estimate of drug-likeness (QED) is 0.416. The first-order chi connectivity index (χ1) is 16.9. The van der Waals surface area contributed by atoms with Gasteiger partial charge in [-0.1, -0.05) is 50.2 Å². The highest BCUT2D eigenvalue weighted by Gasteiger charge is 2.38. The first-order valence-electron chi connectivity index (χ1n) is 11.9. The summed E-state index contributed by atoms with van der Waals surface area (Å²) >= 11 is 0. The van der Waals surface area contributed by atoms with E-state index in [0.717, 1.165) is 5.56 Å². The fraction of sp³-hybridized carbons (Fsp3) is 0.444. The lowest BCUT2D eigenvalue weighted by Crippen LogP contribution is -2.55. The third kappa shape index (κ3) is 7.71. The molecule has 0 aliphatic rings. The van der Waals surface area contributed by atoms with Gasteiger partial charge in [0.2, 0.25) is 5.91 Å². The lowest BCUT2D eigenvalue weighted by atomic mass is 9.98. The molecule has 0 fully saturated rings. The average molecular weight is 500 g/mol. The molecule has 2 aromatic rings. The molecule has 2 aromatic carbocycles. The van der Waals surface area contributed by atoms with Crippen LogP contribution in [0.25, 0.3) is 0 Å². The van der Waals surface area contributed by atoms with Gasteiger partial charge in [-0.15, -0.1) is 0 Å². The third-order valence-corrected chi connectivity index (χ3v) is 5.42. The summed E-state index contributed by atoms with van der Waals surface area (Å²) in [5.41, 5.74) is 0.774. The summed E-state index contributed by atoms with van der Waals surface area (Å²) in [7, 11) is 0. The molecule has 0 aliphatic carbocycles. The van der Waals surface area contributed by atoms with Crippen molar-refractivity contribution in [2.24, 2.45) is 5.92 Å². The number of phenolic OH excluding ortho intramolecular Hbond substituents is 1. The van der Waals surface area contributed by atoms with Crippen LogP contribution in [0.1, 0.15) is 51.8 Å². The molecule has 3 amide bonds. The molecular formula is C27H37N3O6. The van der Waals surface area contributed by atoms with Crippen molar-refractivity contribution in [3.63, 3.8) is 0 Å². The van der Waals surface area contributed by atoms with Crippen molar-refractivity contribution in [2.45, 2.75) is 59.2 Å². The Balaban J connectivity index is 2.50. The van der Waals surface area contributed by atoms with E-state index in [1.165, 1.54) is 11.0 Å². The molecule has 196 valence electrons. The summed E-state index contributed by atoms with van der Waals surface area (Å²) in [6, 6.07) is 11.0. The van der Waals surface area contributed by atoms with Crippen LogP contribution in [-0.2, 0) is 14.3 Å². The number of aliphatic hydroxyl groups excluding tert-OH is 1. The molecule has 36 heavy (non-hydrogen) atoms. The lowest BCUT2D eigenvalue weighted by Gasteiger charge is -2.35. The number of aryl methyl sites for hydroxylation is 1. The fourth-order valence-electron chi connectivity index (χ4n) is 3.68. The zero-order chi connectivity index (χ0) is 27.0. The second-order valence-electron chi connectivity index (χ2n) is 9.89. The van der Waals surface area contributed by atoms with Crippen molar-refractivity contribution >= 4 is 23.6 Å². The number of amides is 3. The number of rotatable bonds is 9. The molecule has 0 aliphatic heterocycles. The summed E-state index contributed by atoms with van der Waals surface area (Å²) in [6.45, 7) is 9.81. The summed E-state index contributed by atoms with van der Waals surface area (Å²) in [4.78, 5) is 41.1. The zero-order valence-electron chi connectivity index (χ0n) is 21.7. The fourth-order valence-corrected chi connectivity index (χ4v) is 3.68. The maximum atomic E-state index is 13.8. The molecule has 2 unspecified atom stereocenters. The number of phenols is 1. The molecule has 0 bridgehead atoms. The van der Waals surface area contributed by atoms with Crippen LogP contribution in [0.5, 0.6) is 5.75 Å². The maximum Gasteiger partial charge on any atom is 0.408 e. The second kappa shape index (κ2) is 12.4. The molecule has 4 N–H and O–H groups in total. The zero-order valence-corrected chi connectivity index (χ0v) is 21.7. The first kappa shape index (κ1) is 28.6. The van der Waals surface area contributed by atoms with Crippen LogP contribution in [0.3, 0.4) is 0 Å². The van der Waals surface area contributed by atoms with Crippen molar-refractivity contribution in [1.82, 2.24) is 10.2 Å². The minimum atomic E-state index is -1.29. The number of nitrogens with zero attached hydrogens (tertiary/aromatic N) is 1. The Morgan fingerprint density at radius 3 is 2.19 bits per heavy atom. The molecular weight excluding hydrogens is 462 g/mol. The van der Waals surface area contributed by atoms with Crippen LogP contribution in [0.2, 0.25) is 0 Å². The number of anilines is 1. The smallest absolute Gasteiger partial charge is 0.408 e. The van der Waals surface area contributed by atoms with Crippen LogP contribution in [0.4, 0.5) is 10.5 Å². The number of ether oxygens (including phenoxy) is 1. The standard InChI is InChI=1S/C27H37N3O6/c1-17(2)22(29-26(35)36-27(4,5)6)25(34)30(15-16-31)23(19-12-8-10-14-21(19)32)24(33)28-20-13-9-7-11-18(20)3/h7-14,17,22-23,31-32H,15-16H2,1-6H3,(H,28,33)(H,29,35). The van der Waals surface area contributed by atoms with E-state index in [2.05, 4.69) is 10.6 Å². The van der Waals surface area contributed by atoms with Gasteiger partial charge in [-0.2, -0.15) is 0 Å². The summed E-state index contributed by atoms with van der Waals surface area (Å²) in [5.74, 6) is -1.72. The number of para-hydroxylation sites is 2. The van der Waals surface area contributed by atoms with Crippen LogP contribution >= 0.6 is 0 Å². The number of carbonyl (C=O) groups excluding carboxylic acids is 3. The van der Waals surface area contributed by atoms with Gasteiger partial charge < -0.3 is 30.5 Å². The largest absolute Gasteiger partial charge is 0.508 e. The van der Waals surface area contributed by atoms with Crippen molar-refractivity contribution in [3.8, 4) is 5.75 Å². The van der Waals surface area contributed by atoms with Gasteiger partial charge in [0.25, 0.3) is 5.91 Å². The topological polar surface area (TPSA) is 128 Å². The van der Waals surface area contributed by atoms with E-state index >= 15 is 0 Å². The molecule has 0 saturated carbocycles. The van der Waals surface area contributed by atoms with Crippen LogP contribution in [-0.4, -0.2) is 57.8 Å². The number of aliphatic hydroxyl groups is 1. The Bertz CT molecular complexity index is 1060. The molecule has 0 aromatic heterocycles. The predicted octanol–water partition coefficient (Wildman–Crippen LogP) is 3.75. The van der Waals surface area contributed by atoms with Gasteiger partial charge in [0, 0.05) is 17.8 Å². The Labute approximate surface area is 212 Å². The van der Waals surface area contributed by atoms with Crippen LogP contribution < -0.4 is 10.6 Å². The number of hydrogen-bond donors (Lipinski definition) is 4. The molecule has 2 atom stereocenters. The molecule has 9 nitrogen and oxygen atoms in total. The number of carbonyl (C=O) groups is 3. The number of aromatic hydroxyl groups is 1. The number of alkyl carbamates (subject to hydrolysis) is 1. The molecule has 9 heteroatoms. The summed E-state index contributed by atoms with van der Waals surface area (Å²) in [6.07, 6.45) is -0.776. The van der Waals surface area contributed by atoms with E-state index in [4.69, 9.17) is 4.74 Å². The van der Waals surface area contributed by atoms with E-state index in [-0.39, 0.29) is 23.8 Å². The van der Waals surface area contributed by atoms with Gasteiger partial charge in [-0.3, -0.25) is 9.59 Å². The molecule has 0 spiro atoms. The van der Waals surface area contributed by atoms with Crippen molar-refractivity contribution in [3.05, 3.63) is 59.7 Å². The van der Waals surface area contributed by atoms with Crippen molar-refractivity contribution < 1.29 is 29.3 Å². The minimum absolute atomic E-state index is 0.181. The monoisotopic (exact) mass is 499 g/mol. The number of hydrogen-bond acceptors (Lipinski definition) is 6. The third-order valence-electron chi connectivity index (χ3n) is 5.42. The Kier molecular flexibility index (Phi) is 9.86. The average Bonchev–Trinajstić information content (AvgIpc) is 2.78. The Morgan fingerprint density at radius 2 is 1.64 bits per heavy atom. The van der Waals surface area contributed by atoms with Gasteiger partial charge in [-0.05, 0) is 51.3 Å². The molecule has 0 heterocycles. The SMILES string of the molecule is Cc1ccccc1NC(=O)C(c1ccccc1O)N(CCO)C(=O)C(NC(=O)OC(C)(C)C)C(C)C. The highest BCUT2D eigenvalue weighted by atomic mass is 16.6. The highest BCUT2D eigenvalue weighted by Crippen LogP contribution is 2.31. The molecule has 0 saturated heterocycles. The summed E-state index contributed by atoms with van der Waals surface area (Å²) in [5, 5.41) is 25.9. The van der Waals surface area contributed by atoms with E-state index < -0.39 is 42.2 Å². The van der Waals surface area contributed by atoms with E-state index in [1.807, 2.05) is 19.1 Å². The van der Waals surface area contributed by atoms with E-state index in [9.17, 15) is 24.6 Å². The van der Waals surface area contributed by atoms with Gasteiger partial charge in [0.1, 0.15) is 23.4 Å².